The van der Waals surface area contributed by atoms with E-state index in [2.05, 4.69) is 29.1 Å². The van der Waals surface area contributed by atoms with Crippen LogP contribution in [0.4, 0.5) is 5.82 Å². The second-order valence-electron chi connectivity index (χ2n) is 4.82. The fourth-order valence-corrected chi connectivity index (χ4v) is 2.10. The van der Waals surface area contributed by atoms with Crippen LogP contribution in [0.1, 0.15) is 32.4 Å². The number of nitrogens with one attached hydrogen (secondary N) is 1. The molecule has 0 spiro atoms. The molecule has 1 aromatic heterocycles. The predicted molar refractivity (Wildman–Crippen MR) is 85.7 cm³/mol. The van der Waals surface area contributed by atoms with Crippen molar-refractivity contribution < 1.29 is 0 Å². The van der Waals surface area contributed by atoms with Gasteiger partial charge in [-0.05, 0) is 31.0 Å². The molecule has 1 aromatic carbocycles. The summed E-state index contributed by atoms with van der Waals surface area (Å²) in [5.74, 6) is 1.81. The van der Waals surface area contributed by atoms with Crippen LogP contribution >= 0.6 is 23.2 Å². The summed E-state index contributed by atoms with van der Waals surface area (Å²) in [4.78, 5) is 9.13. The Bertz CT molecular complexity index is 612. The molecule has 0 radical (unpaired) electrons. The molecule has 106 valence electrons. The van der Waals surface area contributed by atoms with E-state index in [0.717, 1.165) is 23.6 Å². The van der Waals surface area contributed by atoms with Gasteiger partial charge in [0.2, 0.25) is 0 Å². The third kappa shape index (κ3) is 3.41. The normalized spacial score (nSPS) is 10.9. The lowest BCUT2D eigenvalue weighted by Crippen LogP contribution is -2.05. The minimum absolute atomic E-state index is 0.330. The highest BCUT2D eigenvalue weighted by molar-refractivity contribution is 6.42. The van der Waals surface area contributed by atoms with Crippen LogP contribution in [0.3, 0.4) is 0 Å². The number of halogens is 2. The lowest BCUT2D eigenvalue weighted by atomic mass is 10.1. The molecule has 0 saturated heterocycles. The lowest BCUT2D eigenvalue weighted by molar-refractivity contribution is 0.817. The minimum Gasteiger partial charge on any atom is -0.370 e. The van der Waals surface area contributed by atoms with E-state index in [-0.39, 0.29) is 0 Å². The predicted octanol–water partition coefficient (Wildman–Crippen LogP) is 5.01. The maximum absolute atomic E-state index is 6.06. The van der Waals surface area contributed by atoms with E-state index in [1.807, 2.05) is 19.1 Å². The number of benzene rings is 1. The molecule has 0 atom stereocenters. The van der Waals surface area contributed by atoms with Crippen LogP contribution in [-0.2, 0) is 0 Å². The molecule has 0 aliphatic carbocycles. The molecule has 1 N–H and O–H groups in total. The molecule has 1 heterocycles. The summed E-state index contributed by atoms with van der Waals surface area (Å²) >= 11 is 12.0. The average molecular weight is 310 g/mol. The highest BCUT2D eigenvalue weighted by Crippen LogP contribution is 2.28. The van der Waals surface area contributed by atoms with Gasteiger partial charge >= 0.3 is 0 Å². The molecule has 0 aliphatic rings. The molecular formula is C15H17Cl2N3. The van der Waals surface area contributed by atoms with Crippen LogP contribution in [-0.4, -0.2) is 16.5 Å². The van der Waals surface area contributed by atoms with Gasteiger partial charge in [-0.2, -0.15) is 0 Å². The Morgan fingerprint density at radius 2 is 1.85 bits per heavy atom. The van der Waals surface area contributed by atoms with Gasteiger partial charge in [0, 0.05) is 23.9 Å². The number of anilines is 1. The maximum Gasteiger partial charge on any atom is 0.161 e. The van der Waals surface area contributed by atoms with Crippen molar-refractivity contribution in [3.63, 3.8) is 0 Å². The molecular weight excluding hydrogens is 293 g/mol. The number of hydrogen-bond donors (Lipinski definition) is 1. The van der Waals surface area contributed by atoms with Gasteiger partial charge in [-0.25, -0.2) is 9.97 Å². The SMILES string of the molecule is CCNc1cc(C(C)C)nc(-c2ccc(Cl)c(Cl)c2)n1. The molecule has 0 bridgehead atoms. The molecule has 0 aliphatic heterocycles. The molecule has 3 nitrogen and oxygen atoms in total. The molecule has 20 heavy (non-hydrogen) atoms. The van der Waals surface area contributed by atoms with Gasteiger partial charge in [0.25, 0.3) is 0 Å². The minimum atomic E-state index is 0.330. The van der Waals surface area contributed by atoms with Gasteiger partial charge in [-0.1, -0.05) is 37.0 Å². The van der Waals surface area contributed by atoms with E-state index in [9.17, 15) is 0 Å². The van der Waals surface area contributed by atoms with E-state index >= 15 is 0 Å². The van der Waals surface area contributed by atoms with Gasteiger partial charge in [0.15, 0.2) is 5.82 Å². The Kier molecular flexibility index (Phi) is 4.84. The number of hydrogen-bond acceptors (Lipinski definition) is 3. The van der Waals surface area contributed by atoms with E-state index in [4.69, 9.17) is 23.2 Å². The number of rotatable bonds is 4. The first-order valence-electron chi connectivity index (χ1n) is 6.59. The quantitative estimate of drug-likeness (QED) is 0.863. The highest BCUT2D eigenvalue weighted by Gasteiger charge is 2.10. The summed E-state index contributed by atoms with van der Waals surface area (Å²) in [6.07, 6.45) is 0. The molecule has 0 amide bonds. The van der Waals surface area contributed by atoms with E-state index in [0.29, 0.717) is 21.8 Å². The average Bonchev–Trinajstić information content (AvgIpc) is 2.42. The van der Waals surface area contributed by atoms with Crippen LogP contribution in [0.2, 0.25) is 10.0 Å². The van der Waals surface area contributed by atoms with Gasteiger partial charge < -0.3 is 5.32 Å². The van der Waals surface area contributed by atoms with Gasteiger partial charge in [-0.15, -0.1) is 0 Å². The third-order valence-electron chi connectivity index (χ3n) is 2.87. The van der Waals surface area contributed by atoms with Crippen LogP contribution < -0.4 is 5.32 Å². The smallest absolute Gasteiger partial charge is 0.161 e. The second kappa shape index (κ2) is 6.42. The Balaban J connectivity index is 2.51. The van der Waals surface area contributed by atoms with Gasteiger partial charge in [-0.3, -0.25) is 0 Å². The summed E-state index contributed by atoms with van der Waals surface area (Å²) in [5.41, 5.74) is 1.86. The van der Waals surface area contributed by atoms with Gasteiger partial charge in [0.1, 0.15) is 5.82 Å². The first-order chi connectivity index (χ1) is 9.51. The molecule has 0 fully saturated rings. The van der Waals surface area contributed by atoms with Crippen molar-refractivity contribution in [1.29, 1.82) is 0 Å². The van der Waals surface area contributed by atoms with Crippen molar-refractivity contribution in [3.8, 4) is 11.4 Å². The first-order valence-corrected chi connectivity index (χ1v) is 7.35. The Morgan fingerprint density at radius 1 is 1.10 bits per heavy atom. The van der Waals surface area contributed by atoms with E-state index in [1.165, 1.54) is 0 Å². The monoisotopic (exact) mass is 309 g/mol. The Labute approximate surface area is 129 Å². The van der Waals surface area contributed by atoms with Gasteiger partial charge in [0.05, 0.1) is 10.0 Å². The van der Waals surface area contributed by atoms with Crippen molar-refractivity contribution in [2.75, 3.05) is 11.9 Å². The molecule has 0 saturated carbocycles. The standard InChI is InChI=1S/C15H17Cl2N3/c1-4-18-14-8-13(9(2)3)19-15(20-14)10-5-6-11(16)12(17)7-10/h5-9H,4H2,1-3H3,(H,18,19,20). The summed E-state index contributed by atoms with van der Waals surface area (Å²) in [6, 6.07) is 7.41. The van der Waals surface area contributed by atoms with Crippen LogP contribution in [0.5, 0.6) is 0 Å². The molecule has 2 aromatic rings. The summed E-state index contributed by atoms with van der Waals surface area (Å²) in [5, 5.41) is 4.27. The van der Waals surface area contributed by atoms with Crippen LogP contribution in [0, 0.1) is 0 Å². The van der Waals surface area contributed by atoms with Crippen molar-refractivity contribution in [2.24, 2.45) is 0 Å². The molecule has 0 unspecified atom stereocenters. The largest absolute Gasteiger partial charge is 0.370 e. The van der Waals surface area contributed by atoms with Crippen LogP contribution in [0.25, 0.3) is 11.4 Å². The van der Waals surface area contributed by atoms with Crippen LogP contribution in [0.15, 0.2) is 24.3 Å². The lowest BCUT2D eigenvalue weighted by Gasteiger charge is -2.11. The summed E-state index contributed by atoms with van der Waals surface area (Å²) < 4.78 is 0. The molecule has 2 rings (SSSR count). The van der Waals surface area contributed by atoms with E-state index in [1.54, 1.807) is 12.1 Å². The highest BCUT2D eigenvalue weighted by atomic mass is 35.5. The Morgan fingerprint density at radius 3 is 2.45 bits per heavy atom. The van der Waals surface area contributed by atoms with Crippen molar-refractivity contribution in [3.05, 3.63) is 40.0 Å². The van der Waals surface area contributed by atoms with E-state index < -0.39 is 0 Å². The number of aromatic nitrogens is 2. The number of nitrogens with zero attached hydrogens (tertiary/aromatic N) is 2. The summed E-state index contributed by atoms with van der Waals surface area (Å²) in [6.45, 7) is 7.07. The zero-order chi connectivity index (χ0) is 14.7. The van der Waals surface area contributed by atoms with Crippen molar-refractivity contribution >= 4 is 29.0 Å². The zero-order valence-electron chi connectivity index (χ0n) is 11.7. The Hall–Kier alpha value is -1.32. The van der Waals surface area contributed by atoms with Crippen molar-refractivity contribution in [1.82, 2.24) is 9.97 Å². The second-order valence-corrected chi connectivity index (χ2v) is 5.63. The van der Waals surface area contributed by atoms with Crippen molar-refractivity contribution in [2.45, 2.75) is 26.7 Å². The zero-order valence-corrected chi connectivity index (χ0v) is 13.3. The molecule has 5 heteroatoms. The fourth-order valence-electron chi connectivity index (χ4n) is 1.80. The maximum atomic E-state index is 6.06. The summed E-state index contributed by atoms with van der Waals surface area (Å²) in [7, 11) is 0. The topological polar surface area (TPSA) is 37.8 Å². The third-order valence-corrected chi connectivity index (χ3v) is 3.61. The first kappa shape index (κ1) is 15.1. The fraction of sp³-hybridized carbons (Fsp3) is 0.333.